The lowest BCUT2D eigenvalue weighted by atomic mass is 10.0. The van der Waals surface area contributed by atoms with E-state index in [0.717, 1.165) is 33.4 Å². The molecule has 0 saturated heterocycles. The van der Waals surface area contributed by atoms with Crippen molar-refractivity contribution in [3.63, 3.8) is 0 Å². The van der Waals surface area contributed by atoms with Gasteiger partial charge in [-0.25, -0.2) is 0 Å². The van der Waals surface area contributed by atoms with E-state index < -0.39 is 0 Å². The first kappa shape index (κ1) is 14.2. The third-order valence-electron chi connectivity index (χ3n) is 4.00. The summed E-state index contributed by atoms with van der Waals surface area (Å²) in [7, 11) is 0. The zero-order valence-electron chi connectivity index (χ0n) is 12.9. The van der Waals surface area contributed by atoms with Crippen molar-refractivity contribution in [3.8, 4) is 34.7 Å². The van der Waals surface area contributed by atoms with Crippen LogP contribution in [0.2, 0.25) is 0 Å². The lowest BCUT2D eigenvalue weighted by Gasteiger charge is -2.10. The third-order valence-corrected chi connectivity index (χ3v) is 4.00. The molecule has 4 aromatic rings. The van der Waals surface area contributed by atoms with E-state index in [9.17, 15) is 0 Å². The van der Waals surface area contributed by atoms with Crippen LogP contribution in [-0.4, -0.2) is 19.7 Å². The zero-order valence-corrected chi connectivity index (χ0v) is 12.9. The Hall–Kier alpha value is -3.45. The largest absolute Gasteiger partial charge is 0.327 e. The topological polar surface area (TPSA) is 43.6 Å². The number of benzene rings is 1. The van der Waals surface area contributed by atoms with Crippen molar-refractivity contribution in [2.45, 2.75) is 6.54 Å². The molecule has 3 heterocycles. The number of pyridine rings is 1. The Morgan fingerprint density at radius 3 is 2.46 bits per heavy atom. The fourth-order valence-electron chi connectivity index (χ4n) is 3.03. The van der Waals surface area contributed by atoms with Crippen LogP contribution in [0.5, 0.6) is 0 Å². The summed E-state index contributed by atoms with van der Waals surface area (Å²) >= 11 is 0. The minimum atomic E-state index is 0.465. The van der Waals surface area contributed by atoms with E-state index in [1.807, 2.05) is 36.4 Å². The summed E-state index contributed by atoms with van der Waals surface area (Å²) in [6.45, 7) is 0.465. The van der Waals surface area contributed by atoms with Crippen molar-refractivity contribution < 1.29 is 0 Å². The Kier molecular flexibility index (Phi) is 3.53. The van der Waals surface area contributed by atoms with Gasteiger partial charge in [-0.05, 0) is 23.8 Å². The average molecular weight is 310 g/mol. The highest BCUT2D eigenvalue weighted by Gasteiger charge is 2.20. The predicted octanol–water partition coefficient (Wildman–Crippen LogP) is 3.79. The fraction of sp³-hybridized carbons (Fsp3) is 0.0500. The average Bonchev–Trinajstić information content (AvgIpc) is 2.98. The second kappa shape index (κ2) is 5.98. The number of fused-ring (bicyclic) bond motifs is 1. The van der Waals surface area contributed by atoms with Crippen molar-refractivity contribution in [2.75, 3.05) is 0 Å². The Bertz CT molecular complexity index is 1030. The van der Waals surface area contributed by atoms with Crippen LogP contribution >= 0.6 is 0 Å². The van der Waals surface area contributed by atoms with Gasteiger partial charge in [-0.2, -0.15) is 5.10 Å². The molecule has 4 rings (SSSR count). The van der Waals surface area contributed by atoms with E-state index in [-0.39, 0.29) is 0 Å². The normalized spacial score (nSPS) is 10.6. The molecule has 24 heavy (non-hydrogen) atoms. The van der Waals surface area contributed by atoms with Gasteiger partial charge in [-0.3, -0.25) is 4.98 Å². The van der Waals surface area contributed by atoms with Gasteiger partial charge < -0.3 is 4.57 Å². The smallest absolute Gasteiger partial charge is 0.119 e. The van der Waals surface area contributed by atoms with Crippen molar-refractivity contribution in [2.24, 2.45) is 0 Å². The number of hydrogen-bond acceptors (Lipinski definition) is 3. The van der Waals surface area contributed by atoms with Crippen LogP contribution in [0.4, 0.5) is 0 Å². The molecule has 0 aliphatic heterocycles. The van der Waals surface area contributed by atoms with E-state index in [2.05, 4.69) is 37.8 Å². The Morgan fingerprint density at radius 2 is 1.71 bits per heavy atom. The second-order valence-electron chi connectivity index (χ2n) is 5.38. The molecule has 4 nitrogen and oxygen atoms in total. The monoisotopic (exact) mass is 310 g/mol. The molecule has 0 amide bonds. The van der Waals surface area contributed by atoms with Gasteiger partial charge in [0.05, 0.1) is 24.0 Å². The first-order valence-corrected chi connectivity index (χ1v) is 7.63. The van der Waals surface area contributed by atoms with Crippen LogP contribution in [0, 0.1) is 12.3 Å². The zero-order chi connectivity index (χ0) is 16.4. The second-order valence-corrected chi connectivity index (χ2v) is 5.38. The molecular weight excluding hydrogens is 296 g/mol. The van der Waals surface area contributed by atoms with Crippen LogP contribution in [0.1, 0.15) is 0 Å². The summed E-state index contributed by atoms with van der Waals surface area (Å²) in [5.74, 6) is 2.75. The van der Waals surface area contributed by atoms with E-state index in [4.69, 9.17) is 6.42 Å². The molecule has 0 saturated carbocycles. The van der Waals surface area contributed by atoms with Crippen molar-refractivity contribution >= 4 is 11.0 Å². The van der Waals surface area contributed by atoms with Crippen LogP contribution < -0.4 is 0 Å². The minimum Gasteiger partial charge on any atom is -0.327 e. The molecule has 0 radical (unpaired) electrons. The van der Waals surface area contributed by atoms with Gasteiger partial charge in [0, 0.05) is 23.5 Å². The van der Waals surface area contributed by atoms with Gasteiger partial charge in [-0.1, -0.05) is 36.3 Å². The first-order valence-electron chi connectivity index (χ1n) is 7.63. The first-order chi connectivity index (χ1) is 11.9. The number of hydrogen-bond donors (Lipinski definition) is 0. The molecule has 0 atom stereocenters. The third kappa shape index (κ3) is 2.24. The summed E-state index contributed by atoms with van der Waals surface area (Å²) in [5, 5.41) is 8.47. The Labute approximate surface area is 139 Å². The lowest BCUT2D eigenvalue weighted by molar-refractivity contribution is 0.892. The number of nitrogens with zero attached hydrogens (tertiary/aromatic N) is 4. The highest BCUT2D eigenvalue weighted by atomic mass is 15.1. The molecule has 0 fully saturated rings. The fourth-order valence-corrected chi connectivity index (χ4v) is 3.03. The van der Waals surface area contributed by atoms with Crippen molar-refractivity contribution in [1.29, 1.82) is 0 Å². The Morgan fingerprint density at radius 1 is 0.917 bits per heavy atom. The van der Waals surface area contributed by atoms with Gasteiger partial charge in [0.15, 0.2) is 0 Å². The van der Waals surface area contributed by atoms with Crippen LogP contribution in [0.25, 0.3) is 33.4 Å². The van der Waals surface area contributed by atoms with Gasteiger partial charge in [-0.15, -0.1) is 11.5 Å². The summed E-state index contributed by atoms with van der Waals surface area (Å²) in [6.07, 6.45) is 10.9. The van der Waals surface area contributed by atoms with E-state index in [1.165, 1.54) is 0 Å². The summed E-state index contributed by atoms with van der Waals surface area (Å²) in [6, 6.07) is 16.1. The lowest BCUT2D eigenvalue weighted by Crippen LogP contribution is -1.99. The summed E-state index contributed by atoms with van der Waals surface area (Å²) < 4.78 is 2.11. The van der Waals surface area contributed by atoms with Gasteiger partial charge in [0.2, 0.25) is 0 Å². The maximum absolute atomic E-state index is 5.63. The van der Waals surface area contributed by atoms with E-state index in [1.54, 1.807) is 18.6 Å². The quantitative estimate of drug-likeness (QED) is 0.541. The molecule has 1 aromatic carbocycles. The highest BCUT2D eigenvalue weighted by molar-refractivity contribution is 6.02. The van der Waals surface area contributed by atoms with Gasteiger partial charge in [0.25, 0.3) is 0 Å². The number of aromatic nitrogens is 4. The molecule has 0 N–H and O–H groups in total. The van der Waals surface area contributed by atoms with Crippen LogP contribution in [0.15, 0.2) is 67.1 Å². The van der Waals surface area contributed by atoms with Gasteiger partial charge >= 0.3 is 0 Å². The van der Waals surface area contributed by atoms with E-state index in [0.29, 0.717) is 6.54 Å². The molecular formula is C20H14N4. The highest BCUT2D eigenvalue weighted by Crippen LogP contribution is 2.39. The molecule has 114 valence electrons. The van der Waals surface area contributed by atoms with Crippen LogP contribution in [0.3, 0.4) is 0 Å². The molecule has 0 aliphatic carbocycles. The van der Waals surface area contributed by atoms with E-state index >= 15 is 0 Å². The number of rotatable bonds is 3. The molecule has 3 aromatic heterocycles. The molecule has 0 unspecified atom stereocenters. The van der Waals surface area contributed by atoms with Crippen LogP contribution in [-0.2, 0) is 6.54 Å². The minimum absolute atomic E-state index is 0.465. The standard InChI is InChI=1S/C20H14N4/c1-2-14-24-17-10-13-22-23-19(17)18(15-6-4-3-5-7-15)20(24)16-8-11-21-12-9-16/h1,3-13H,14H2. The summed E-state index contributed by atoms with van der Waals surface area (Å²) in [4.78, 5) is 4.13. The molecule has 0 aliphatic rings. The maximum atomic E-state index is 5.63. The summed E-state index contributed by atoms with van der Waals surface area (Å²) in [5.41, 5.74) is 6.05. The van der Waals surface area contributed by atoms with Crippen molar-refractivity contribution in [1.82, 2.24) is 19.7 Å². The Balaban J connectivity index is 2.15. The number of terminal acetylenes is 1. The molecule has 0 bridgehead atoms. The molecule has 0 spiro atoms. The SMILES string of the molecule is C#CCn1c(-c2ccncc2)c(-c2ccccc2)c2nnccc21. The molecule has 4 heteroatoms. The van der Waals surface area contributed by atoms with Gasteiger partial charge in [0.1, 0.15) is 5.52 Å². The maximum Gasteiger partial charge on any atom is 0.119 e. The van der Waals surface area contributed by atoms with Crippen molar-refractivity contribution in [3.05, 3.63) is 67.1 Å². The predicted molar refractivity (Wildman–Crippen MR) is 95.0 cm³/mol.